The molecular weight excluding hydrogens is 268 g/mol. The summed E-state index contributed by atoms with van der Waals surface area (Å²) < 4.78 is 10.7. The van der Waals surface area contributed by atoms with Gasteiger partial charge in [-0.15, -0.1) is 0 Å². The largest absolute Gasteiger partial charge is 0.392 e. The van der Waals surface area contributed by atoms with Crippen molar-refractivity contribution in [1.29, 1.82) is 0 Å². The van der Waals surface area contributed by atoms with E-state index in [1.54, 1.807) is 0 Å². The summed E-state index contributed by atoms with van der Waals surface area (Å²) in [5.41, 5.74) is 3.62. The smallest absolute Gasteiger partial charge is 0.234 e. The van der Waals surface area contributed by atoms with Crippen LogP contribution >= 0.6 is 0 Å². The van der Waals surface area contributed by atoms with Crippen LogP contribution in [-0.4, -0.2) is 34.6 Å². The third-order valence-electron chi connectivity index (χ3n) is 3.76. The van der Waals surface area contributed by atoms with E-state index in [4.69, 9.17) is 9.26 Å². The maximum absolute atomic E-state index is 9.99. The minimum Gasteiger partial charge on any atom is -0.392 e. The minimum atomic E-state index is -0.465. The van der Waals surface area contributed by atoms with Crippen molar-refractivity contribution >= 4 is 0 Å². The molecule has 1 aliphatic rings. The van der Waals surface area contributed by atoms with Crippen LogP contribution in [0.5, 0.6) is 0 Å². The Balaban J connectivity index is 1.75. The zero-order valence-corrected chi connectivity index (χ0v) is 12.4. The molecule has 1 N–H and O–H groups in total. The molecule has 2 aromatic rings. The van der Waals surface area contributed by atoms with Crippen LogP contribution in [0.25, 0.3) is 0 Å². The van der Waals surface area contributed by atoms with Crippen molar-refractivity contribution in [2.24, 2.45) is 0 Å². The van der Waals surface area contributed by atoms with Crippen molar-refractivity contribution in [2.75, 3.05) is 13.2 Å². The second-order valence-electron chi connectivity index (χ2n) is 5.76. The summed E-state index contributed by atoms with van der Waals surface area (Å²) in [6, 6.07) is 6.39. The fourth-order valence-corrected chi connectivity index (χ4v) is 2.81. The van der Waals surface area contributed by atoms with Crippen molar-refractivity contribution in [3.63, 3.8) is 0 Å². The summed E-state index contributed by atoms with van der Waals surface area (Å²) in [5.74, 6) is 0.911. The van der Waals surface area contributed by atoms with Crippen molar-refractivity contribution in [3.05, 3.63) is 46.6 Å². The highest BCUT2D eigenvalue weighted by molar-refractivity contribution is 5.30. The Hall–Kier alpha value is -1.72. The highest BCUT2D eigenvalue weighted by atomic mass is 16.5. The van der Waals surface area contributed by atoms with Gasteiger partial charge in [0, 0.05) is 13.0 Å². The van der Waals surface area contributed by atoms with Crippen molar-refractivity contribution in [1.82, 2.24) is 10.1 Å². The van der Waals surface area contributed by atoms with E-state index in [0.29, 0.717) is 37.8 Å². The van der Waals surface area contributed by atoms with Gasteiger partial charge in [-0.2, -0.15) is 4.98 Å². The quantitative estimate of drug-likeness (QED) is 0.937. The van der Waals surface area contributed by atoms with E-state index in [0.717, 1.165) is 0 Å². The molecule has 2 heterocycles. The molecule has 1 aromatic carbocycles. The molecule has 5 heteroatoms. The first kappa shape index (κ1) is 14.2. The molecule has 3 rings (SSSR count). The highest BCUT2D eigenvalue weighted by Crippen LogP contribution is 2.25. The maximum Gasteiger partial charge on any atom is 0.234 e. The van der Waals surface area contributed by atoms with E-state index in [9.17, 15) is 5.11 Å². The third-order valence-corrected chi connectivity index (χ3v) is 3.76. The molecule has 0 amide bonds. The first-order chi connectivity index (χ1) is 10.1. The lowest BCUT2D eigenvalue weighted by molar-refractivity contribution is -0.0149. The fraction of sp³-hybridized carbons (Fsp3) is 0.500. The molecule has 112 valence electrons. The Morgan fingerprint density at radius 2 is 2.00 bits per heavy atom. The second-order valence-corrected chi connectivity index (χ2v) is 5.76. The van der Waals surface area contributed by atoms with Crippen LogP contribution in [0.15, 0.2) is 22.7 Å². The van der Waals surface area contributed by atoms with Gasteiger partial charge in [0.15, 0.2) is 5.82 Å². The molecule has 0 spiro atoms. The lowest BCUT2D eigenvalue weighted by atomic mass is 9.99. The van der Waals surface area contributed by atoms with Gasteiger partial charge in [0.2, 0.25) is 5.89 Å². The lowest BCUT2D eigenvalue weighted by Gasteiger charge is -2.24. The minimum absolute atomic E-state index is 0.209. The molecule has 1 fully saturated rings. The number of nitrogens with zero attached hydrogens (tertiary/aromatic N) is 2. The van der Waals surface area contributed by atoms with Gasteiger partial charge in [-0.3, -0.25) is 0 Å². The molecule has 1 saturated heterocycles. The molecule has 1 aliphatic heterocycles. The Labute approximate surface area is 123 Å². The Kier molecular flexibility index (Phi) is 4.03. The molecule has 21 heavy (non-hydrogen) atoms. The summed E-state index contributed by atoms with van der Waals surface area (Å²) in [5, 5.41) is 14.0. The lowest BCUT2D eigenvalue weighted by Crippen LogP contribution is -2.30. The summed E-state index contributed by atoms with van der Waals surface area (Å²) in [7, 11) is 0. The third kappa shape index (κ3) is 3.31. The van der Waals surface area contributed by atoms with E-state index in [2.05, 4.69) is 42.2 Å². The number of aromatic nitrogens is 2. The van der Waals surface area contributed by atoms with E-state index in [1.807, 2.05) is 0 Å². The predicted molar refractivity (Wildman–Crippen MR) is 77.2 cm³/mol. The van der Waals surface area contributed by atoms with Gasteiger partial charge in [-0.25, -0.2) is 0 Å². The summed E-state index contributed by atoms with van der Waals surface area (Å²) in [6.45, 7) is 5.18. The van der Waals surface area contributed by atoms with Gasteiger partial charge < -0.3 is 14.4 Å². The SMILES string of the molecule is Cc1cc(C)cc(Cc2noc(C3COCCC3O)n2)c1. The van der Waals surface area contributed by atoms with Gasteiger partial charge in [-0.1, -0.05) is 34.5 Å². The van der Waals surface area contributed by atoms with Gasteiger partial charge in [0.05, 0.1) is 18.6 Å². The van der Waals surface area contributed by atoms with Crippen LogP contribution < -0.4 is 0 Å². The number of ether oxygens (including phenoxy) is 1. The van der Waals surface area contributed by atoms with Crippen molar-refractivity contribution < 1.29 is 14.4 Å². The van der Waals surface area contributed by atoms with E-state index < -0.39 is 6.10 Å². The van der Waals surface area contributed by atoms with Crippen LogP contribution in [0.1, 0.15) is 40.7 Å². The number of aliphatic hydroxyl groups is 1. The molecule has 0 saturated carbocycles. The predicted octanol–water partition coefficient (Wildman–Crippen LogP) is 2.14. The van der Waals surface area contributed by atoms with Crippen LogP contribution in [0.3, 0.4) is 0 Å². The first-order valence-corrected chi connectivity index (χ1v) is 7.27. The van der Waals surface area contributed by atoms with Crippen LogP contribution in [0.4, 0.5) is 0 Å². The molecule has 0 radical (unpaired) electrons. The summed E-state index contributed by atoms with van der Waals surface area (Å²) in [4.78, 5) is 4.42. The Morgan fingerprint density at radius 1 is 1.24 bits per heavy atom. The molecule has 5 nitrogen and oxygen atoms in total. The van der Waals surface area contributed by atoms with E-state index in [1.165, 1.54) is 16.7 Å². The zero-order valence-electron chi connectivity index (χ0n) is 12.4. The molecular formula is C16H20N2O3. The highest BCUT2D eigenvalue weighted by Gasteiger charge is 2.30. The number of rotatable bonds is 3. The van der Waals surface area contributed by atoms with Gasteiger partial charge in [-0.05, 0) is 25.8 Å². The Morgan fingerprint density at radius 3 is 2.71 bits per heavy atom. The first-order valence-electron chi connectivity index (χ1n) is 7.27. The molecule has 0 aliphatic carbocycles. The van der Waals surface area contributed by atoms with Crippen molar-refractivity contribution in [2.45, 2.75) is 38.7 Å². The average Bonchev–Trinajstić information content (AvgIpc) is 2.86. The number of hydrogen-bond acceptors (Lipinski definition) is 5. The van der Waals surface area contributed by atoms with Gasteiger partial charge in [0.1, 0.15) is 0 Å². The molecule has 2 atom stereocenters. The van der Waals surface area contributed by atoms with E-state index in [-0.39, 0.29) is 5.92 Å². The van der Waals surface area contributed by atoms with Gasteiger partial charge >= 0.3 is 0 Å². The Bertz CT molecular complexity index is 603. The van der Waals surface area contributed by atoms with Crippen molar-refractivity contribution in [3.8, 4) is 0 Å². The second kappa shape index (κ2) is 5.95. The topological polar surface area (TPSA) is 68.4 Å². The number of aryl methyl sites for hydroxylation is 2. The van der Waals surface area contributed by atoms with Gasteiger partial charge in [0.25, 0.3) is 0 Å². The normalized spacial score (nSPS) is 22.4. The van der Waals surface area contributed by atoms with Crippen LogP contribution in [0.2, 0.25) is 0 Å². The molecule has 1 aromatic heterocycles. The standard InChI is InChI=1S/C16H20N2O3/c1-10-5-11(2)7-12(6-10)8-15-17-16(21-18-15)13-9-20-4-3-14(13)19/h5-7,13-14,19H,3-4,8-9H2,1-2H3. The van der Waals surface area contributed by atoms with Crippen LogP contribution in [-0.2, 0) is 11.2 Å². The zero-order chi connectivity index (χ0) is 14.8. The number of hydrogen-bond donors (Lipinski definition) is 1. The molecule has 2 unspecified atom stereocenters. The maximum atomic E-state index is 9.99. The monoisotopic (exact) mass is 288 g/mol. The summed E-state index contributed by atoms with van der Waals surface area (Å²) >= 11 is 0. The number of aliphatic hydroxyl groups excluding tert-OH is 1. The summed E-state index contributed by atoms with van der Waals surface area (Å²) in [6.07, 6.45) is 0.781. The fourth-order valence-electron chi connectivity index (χ4n) is 2.81. The number of benzene rings is 1. The molecule has 0 bridgehead atoms. The average molecular weight is 288 g/mol. The van der Waals surface area contributed by atoms with Crippen LogP contribution in [0, 0.1) is 13.8 Å². The van der Waals surface area contributed by atoms with E-state index >= 15 is 0 Å².